The third-order valence-electron chi connectivity index (χ3n) is 5.46. The molecule has 1 amide bonds. The van der Waals surface area contributed by atoms with Gasteiger partial charge in [-0.3, -0.25) is 9.36 Å². The molecule has 1 aliphatic carbocycles. The van der Waals surface area contributed by atoms with E-state index in [0.29, 0.717) is 34.9 Å². The molecule has 1 saturated carbocycles. The lowest BCUT2D eigenvalue weighted by atomic mass is 10.2. The molecule has 0 radical (unpaired) electrons. The van der Waals surface area contributed by atoms with Crippen LogP contribution in [0.5, 0.6) is 11.5 Å². The molecule has 10 nitrogen and oxygen atoms in total. The summed E-state index contributed by atoms with van der Waals surface area (Å²) in [5.41, 5.74) is 2.37. The van der Waals surface area contributed by atoms with Crippen LogP contribution in [0.15, 0.2) is 52.1 Å². The van der Waals surface area contributed by atoms with Crippen LogP contribution < -0.4 is 14.8 Å². The van der Waals surface area contributed by atoms with Gasteiger partial charge in [0, 0.05) is 24.1 Å². The highest BCUT2D eigenvalue weighted by atomic mass is 32.2. The van der Waals surface area contributed by atoms with Crippen LogP contribution in [0.1, 0.15) is 37.4 Å². The second kappa shape index (κ2) is 9.79. The Kier molecular flexibility index (Phi) is 6.41. The highest BCUT2D eigenvalue weighted by Gasteiger charge is 2.31. The molecule has 1 aliphatic rings. The van der Waals surface area contributed by atoms with Crippen LogP contribution in [0.4, 0.5) is 5.69 Å². The van der Waals surface area contributed by atoms with E-state index in [4.69, 9.17) is 14.0 Å². The number of hydrogen-bond donors (Lipinski definition) is 1. The van der Waals surface area contributed by atoms with Gasteiger partial charge in [0.1, 0.15) is 5.82 Å². The monoisotopic (exact) mass is 492 g/mol. The first-order valence-electron chi connectivity index (χ1n) is 11.1. The topological polar surface area (TPSA) is 117 Å². The second-order valence-electron chi connectivity index (χ2n) is 8.05. The van der Waals surface area contributed by atoms with E-state index in [0.717, 1.165) is 40.8 Å². The smallest absolute Gasteiger partial charge is 0.237 e. The Labute approximate surface area is 206 Å². The molecule has 0 spiro atoms. The van der Waals surface area contributed by atoms with Gasteiger partial charge in [-0.1, -0.05) is 23.0 Å². The minimum absolute atomic E-state index is 0.121. The number of carbonyl (C=O) groups excluding carboxylic acids is 1. The number of hydrogen-bond acceptors (Lipinski definition) is 9. The van der Waals surface area contributed by atoms with Crippen molar-refractivity contribution in [2.75, 3.05) is 19.5 Å². The summed E-state index contributed by atoms with van der Waals surface area (Å²) in [6.07, 6.45) is 2.18. The normalized spacial score (nSPS) is 13.0. The van der Waals surface area contributed by atoms with Crippen molar-refractivity contribution in [1.29, 1.82) is 0 Å². The summed E-state index contributed by atoms with van der Waals surface area (Å²) >= 11 is 1.46. The lowest BCUT2D eigenvalue weighted by Crippen LogP contribution is -2.07. The van der Waals surface area contributed by atoms with E-state index in [1.54, 1.807) is 26.4 Å². The van der Waals surface area contributed by atoms with Gasteiger partial charge in [0.15, 0.2) is 16.7 Å². The Morgan fingerprint density at radius 1 is 1.14 bits per heavy atom. The van der Waals surface area contributed by atoms with Crippen LogP contribution in [0.2, 0.25) is 0 Å². The fourth-order valence-corrected chi connectivity index (χ4v) is 4.48. The lowest BCUT2D eigenvalue weighted by Gasteiger charge is -2.11. The number of aromatic nitrogens is 5. The zero-order chi connectivity index (χ0) is 24.4. The fourth-order valence-electron chi connectivity index (χ4n) is 3.68. The molecule has 35 heavy (non-hydrogen) atoms. The van der Waals surface area contributed by atoms with Gasteiger partial charge in [-0.15, -0.1) is 10.2 Å². The Balaban J connectivity index is 1.37. The maximum Gasteiger partial charge on any atom is 0.237 e. The summed E-state index contributed by atoms with van der Waals surface area (Å²) in [5, 5.41) is 16.6. The molecule has 1 N–H and O–H groups in total. The largest absolute Gasteiger partial charge is 0.493 e. The molecule has 11 heteroatoms. The van der Waals surface area contributed by atoms with E-state index in [9.17, 15) is 4.79 Å². The average molecular weight is 493 g/mol. The Morgan fingerprint density at radius 3 is 2.71 bits per heavy atom. The van der Waals surface area contributed by atoms with E-state index in [2.05, 4.69) is 25.7 Å². The zero-order valence-corrected chi connectivity index (χ0v) is 20.3. The van der Waals surface area contributed by atoms with Gasteiger partial charge in [-0.25, -0.2) is 0 Å². The van der Waals surface area contributed by atoms with Crippen molar-refractivity contribution in [3.05, 3.63) is 54.2 Å². The summed E-state index contributed by atoms with van der Waals surface area (Å²) in [5.74, 6) is 3.76. The third-order valence-corrected chi connectivity index (χ3v) is 6.37. The molecule has 0 bridgehead atoms. The van der Waals surface area contributed by atoms with E-state index < -0.39 is 0 Å². The first kappa shape index (κ1) is 22.9. The zero-order valence-electron chi connectivity index (χ0n) is 19.5. The van der Waals surface area contributed by atoms with Gasteiger partial charge in [0.05, 0.1) is 25.7 Å². The number of anilines is 1. The standard InChI is InChI=1S/C24H24N6O4S/c1-14(31)25-17-5-4-6-18(12-17)30-23(15-7-8-15)27-28-24(30)35-13-21-26-22(29-34-21)16-9-10-19(32-2)20(11-16)33-3/h4-6,9-12,15H,7-8,13H2,1-3H3,(H,25,31). The number of amides is 1. The van der Waals surface area contributed by atoms with Gasteiger partial charge in [0.25, 0.3) is 0 Å². The summed E-state index contributed by atoms with van der Waals surface area (Å²) in [6, 6.07) is 13.1. The van der Waals surface area contributed by atoms with Crippen molar-refractivity contribution in [3.8, 4) is 28.6 Å². The molecular weight excluding hydrogens is 468 g/mol. The Morgan fingerprint density at radius 2 is 1.97 bits per heavy atom. The van der Waals surface area contributed by atoms with Gasteiger partial charge >= 0.3 is 0 Å². The minimum atomic E-state index is -0.121. The number of methoxy groups -OCH3 is 2. The van der Waals surface area contributed by atoms with E-state index in [1.165, 1.54) is 18.7 Å². The molecule has 1 fully saturated rings. The SMILES string of the molecule is COc1ccc(-c2noc(CSc3nnc(C4CC4)n3-c3cccc(NC(C)=O)c3)n2)cc1OC. The summed E-state index contributed by atoms with van der Waals surface area (Å²) in [4.78, 5) is 16.0. The first-order valence-corrected chi connectivity index (χ1v) is 12.1. The number of ether oxygens (including phenoxy) is 2. The van der Waals surface area contributed by atoms with E-state index in [1.807, 2.05) is 34.9 Å². The van der Waals surface area contributed by atoms with Crippen molar-refractivity contribution in [2.45, 2.75) is 36.6 Å². The minimum Gasteiger partial charge on any atom is -0.493 e. The molecule has 4 aromatic rings. The number of carbonyl (C=O) groups is 1. The van der Waals surface area contributed by atoms with Crippen LogP contribution >= 0.6 is 11.8 Å². The van der Waals surface area contributed by atoms with Crippen LogP contribution in [0.3, 0.4) is 0 Å². The van der Waals surface area contributed by atoms with Crippen LogP contribution in [-0.2, 0) is 10.5 Å². The summed E-state index contributed by atoms with van der Waals surface area (Å²) in [7, 11) is 3.17. The summed E-state index contributed by atoms with van der Waals surface area (Å²) < 4.78 is 18.2. The highest BCUT2D eigenvalue weighted by Crippen LogP contribution is 2.41. The van der Waals surface area contributed by atoms with Crippen molar-refractivity contribution < 1.29 is 18.8 Å². The molecule has 0 unspecified atom stereocenters. The molecule has 2 heterocycles. The maximum atomic E-state index is 11.5. The second-order valence-corrected chi connectivity index (χ2v) is 8.99. The number of nitrogens with zero attached hydrogens (tertiary/aromatic N) is 5. The number of nitrogens with one attached hydrogen (secondary N) is 1. The molecule has 0 saturated heterocycles. The molecule has 5 rings (SSSR count). The lowest BCUT2D eigenvalue weighted by molar-refractivity contribution is -0.114. The fraction of sp³-hybridized carbons (Fsp3) is 0.292. The van der Waals surface area contributed by atoms with Crippen LogP contribution in [0, 0.1) is 0 Å². The van der Waals surface area contributed by atoms with Crippen molar-refractivity contribution >= 4 is 23.4 Å². The molecule has 2 aromatic carbocycles. The number of benzene rings is 2. The number of thioether (sulfide) groups is 1. The van der Waals surface area contributed by atoms with Crippen LogP contribution in [-0.4, -0.2) is 45.0 Å². The highest BCUT2D eigenvalue weighted by molar-refractivity contribution is 7.98. The predicted molar refractivity (Wildman–Crippen MR) is 130 cm³/mol. The van der Waals surface area contributed by atoms with Gasteiger partial charge < -0.3 is 19.3 Å². The predicted octanol–water partition coefficient (Wildman–Crippen LogP) is 4.46. The van der Waals surface area contributed by atoms with E-state index in [-0.39, 0.29) is 5.91 Å². The van der Waals surface area contributed by atoms with Gasteiger partial charge in [-0.05, 0) is 49.2 Å². The third kappa shape index (κ3) is 4.99. The molecule has 2 aromatic heterocycles. The molecule has 180 valence electrons. The quantitative estimate of drug-likeness (QED) is 0.338. The molecular formula is C24H24N6O4S. The van der Waals surface area contributed by atoms with Gasteiger partial charge in [-0.2, -0.15) is 4.98 Å². The van der Waals surface area contributed by atoms with Crippen LogP contribution in [0.25, 0.3) is 17.1 Å². The first-order chi connectivity index (χ1) is 17.1. The summed E-state index contributed by atoms with van der Waals surface area (Å²) in [6.45, 7) is 1.49. The molecule has 0 atom stereocenters. The Bertz CT molecular complexity index is 1360. The Hall–Kier alpha value is -3.86. The number of rotatable bonds is 9. The van der Waals surface area contributed by atoms with Gasteiger partial charge in [0.2, 0.25) is 17.6 Å². The molecule has 0 aliphatic heterocycles. The average Bonchev–Trinajstić information content (AvgIpc) is 3.44. The van der Waals surface area contributed by atoms with Crippen molar-refractivity contribution in [2.24, 2.45) is 0 Å². The van der Waals surface area contributed by atoms with E-state index >= 15 is 0 Å². The van der Waals surface area contributed by atoms with Crippen molar-refractivity contribution in [1.82, 2.24) is 24.9 Å². The van der Waals surface area contributed by atoms with Crippen molar-refractivity contribution in [3.63, 3.8) is 0 Å². The maximum absolute atomic E-state index is 11.5.